The van der Waals surface area contributed by atoms with Crippen LogP contribution in [0, 0.1) is 11.3 Å². The molecule has 1 saturated heterocycles. The van der Waals surface area contributed by atoms with Crippen LogP contribution in [0.1, 0.15) is 64.0 Å². The molecule has 3 aromatic rings. The number of piperidine rings is 1. The summed E-state index contributed by atoms with van der Waals surface area (Å²) in [7, 11) is 0. The number of nitriles is 1. The zero-order chi connectivity index (χ0) is 23.7. The first kappa shape index (κ1) is 22.3. The van der Waals surface area contributed by atoms with E-state index in [1.165, 1.54) is 31.4 Å². The molecule has 1 aliphatic heterocycles. The number of hydrogen-bond donors (Lipinski definition) is 1. The molecule has 2 aliphatic rings. The van der Waals surface area contributed by atoms with Crippen molar-refractivity contribution in [1.82, 2.24) is 4.57 Å². The Morgan fingerprint density at radius 3 is 2.41 bits per heavy atom. The minimum Gasteiger partial charge on any atom is -0.447 e. The van der Waals surface area contributed by atoms with E-state index in [-0.39, 0.29) is 6.10 Å². The second-order valence-electron chi connectivity index (χ2n) is 9.70. The molecular formula is C28H32N4O2. The van der Waals surface area contributed by atoms with Gasteiger partial charge in [-0.15, -0.1) is 0 Å². The second-order valence-corrected chi connectivity index (χ2v) is 9.70. The van der Waals surface area contributed by atoms with Crippen molar-refractivity contribution < 1.29 is 9.53 Å². The zero-order valence-corrected chi connectivity index (χ0v) is 20.0. The molecule has 6 nitrogen and oxygen atoms in total. The number of aromatic nitrogens is 1. The highest BCUT2D eigenvalue weighted by Gasteiger charge is 2.28. The van der Waals surface area contributed by atoms with Gasteiger partial charge in [-0.1, -0.05) is 12.1 Å². The third kappa shape index (κ3) is 4.23. The Bertz CT molecular complexity index is 1230. The van der Waals surface area contributed by atoms with Crippen LogP contribution in [0.3, 0.4) is 0 Å². The highest BCUT2D eigenvalue weighted by atomic mass is 16.6. The number of carbonyl (C=O) groups excluding carboxylic acids is 1. The maximum Gasteiger partial charge on any atom is 0.411 e. The molecule has 176 valence electrons. The van der Waals surface area contributed by atoms with Gasteiger partial charge in [-0.25, -0.2) is 4.79 Å². The van der Waals surface area contributed by atoms with Gasteiger partial charge < -0.3 is 14.2 Å². The van der Waals surface area contributed by atoms with E-state index in [0.717, 1.165) is 53.7 Å². The largest absolute Gasteiger partial charge is 0.447 e. The molecule has 2 fully saturated rings. The van der Waals surface area contributed by atoms with Crippen LogP contribution in [0.25, 0.3) is 22.2 Å². The monoisotopic (exact) mass is 456 g/mol. The number of fused-ring (bicyclic) bond motifs is 1. The third-order valence-electron chi connectivity index (χ3n) is 7.01. The molecule has 0 spiro atoms. The zero-order valence-electron chi connectivity index (χ0n) is 20.0. The van der Waals surface area contributed by atoms with Crippen LogP contribution >= 0.6 is 0 Å². The van der Waals surface area contributed by atoms with E-state index in [9.17, 15) is 10.1 Å². The number of nitrogens with one attached hydrogen (secondary N) is 1. The average Bonchev–Trinajstić information content (AvgIpc) is 3.12. The van der Waals surface area contributed by atoms with Crippen molar-refractivity contribution in [3.63, 3.8) is 0 Å². The topological polar surface area (TPSA) is 70.3 Å². The molecule has 34 heavy (non-hydrogen) atoms. The predicted molar refractivity (Wildman–Crippen MR) is 136 cm³/mol. The first-order chi connectivity index (χ1) is 16.5. The molecule has 6 heteroatoms. The highest BCUT2D eigenvalue weighted by molar-refractivity contribution is 5.96. The van der Waals surface area contributed by atoms with Crippen LogP contribution < -0.4 is 10.2 Å². The van der Waals surface area contributed by atoms with Crippen molar-refractivity contribution in [3.8, 4) is 17.3 Å². The van der Waals surface area contributed by atoms with Crippen LogP contribution in [0.4, 0.5) is 16.2 Å². The van der Waals surface area contributed by atoms with Crippen molar-refractivity contribution in [2.45, 2.75) is 64.5 Å². The van der Waals surface area contributed by atoms with Gasteiger partial charge in [0.2, 0.25) is 0 Å². The number of nitrogens with zero attached hydrogens (tertiary/aromatic N) is 3. The van der Waals surface area contributed by atoms with E-state index < -0.39 is 6.09 Å². The molecular weight excluding hydrogens is 424 g/mol. The Kier molecular flexibility index (Phi) is 6.19. The lowest BCUT2D eigenvalue weighted by Crippen LogP contribution is -2.29. The fraction of sp³-hybridized carbons (Fsp3) is 0.429. The molecule has 1 amide bonds. The van der Waals surface area contributed by atoms with Crippen molar-refractivity contribution in [2.24, 2.45) is 0 Å². The molecule has 2 aromatic carbocycles. The maximum atomic E-state index is 12.0. The molecule has 1 N–H and O–H groups in total. The van der Waals surface area contributed by atoms with Gasteiger partial charge in [-0.05, 0) is 88.3 Å². The summed E-state index contributed by atoms with van der Waals surface area (Å²) in [5.41, 5.74) is 5.78. The minimum absolute atomic E-state index is 0.175. The van der Waals surface area contributed by atoms with Crippen LogP contribution in [0.15, 0.2) is 42.5 Å². The number of benzene rings is 2. The number of rotatable bonds is 5. The summed E-state index contributed by atoms with van der Waals surface area (Å²) in [6.07, 6.45) is 6.63. The van der Waals surface area contributed by atoms with Gasteiger partial charge >= 0.3 is 6.09 Å². The van der Waals surface area contributed by atoms with Crippen LogP contribution in [0.5, 0.6) is 0 Å². The third-order valence-corrected chi connectivity index (χ3v) is 7.01. The summed E-state index contributed by atoms with van der Waals surface area (Å²) >= 11 is 0. The average molecular weight is 457 g/mol. The van der Waals surface area contributed by atoms with E-state index in [1.807, 2.05) is 38.1 Å². The first-order valence-electron chi connectivity index (χ1n) is 12.5. The Balaban J connectivity index is 1.56. The number of anilines is 2. The maximum absolute atomic E-state index is 12.0. The molecule has 2 heterocycles. The fourth-order valence-electron chi connectivity index (χ4n) is 5.14. The van der Waals surface area contributed by atoms with Gasteiger partial charge in [0.05, 0.1) is 22.9 Å². The molecule has 0 radical (unpaired) electrons. The van der Waals surface area contributed by atoms with Gasteiger partial charge in [0, 0.05) is 35.9 Å². The lowest BCUT2D eigenvalue weighted by molar-refractivity contribution is 0.130. The predicted octanol–water partition coefficient (Wildman–Crippen LogP) is 6.85. The van der Waals surface area contributed by atoms with Gasteiger partial charge in [-0.3, -0.25) is 5.32 Å². The summed E-state index contributed by atoms with van der Waals surface area (Å²) < 4.78 is 7.58. The summed E-state index contributed by atoms with van der Waals surface area (Å²) in [5.74, 6) is 0. The van der Waals surface area contributed by atoms with E-state index in [2.05, 4.69) is 39.1 Å². The molecule has 0 bridgehead atoms. The Morgan fingerprint density at radius 2 is 1.79 bits per heavy atom. The van der Waals surface area contributed by atoms with E-state index in [4.69, 9.17) is 4.74 Å². The molecule has 1 aliphatic carbocycles. The molecule has 1 saturated carbocycles. The van der Waals surface area contributed by atoms with Crippen molar-refractivity contribution in [1.29, 1.82) is 5.26 Å². The number of carbonyl (C=O) groups is 1. The van der Waals surface area contributed by atoms with E-state index >= 15 is 0 Å². The SMILES string of the molecule is CC(C)OC(=O)Nc1ccc(-c2c(C#N)c3ccc(N4CCCCC4)cc3n2C2CCC2)cc1. The van der Waals surface area contributed by atoms with Crippen LogP contribution in [-0.2, 0) is 4.74 Å². The van der Waals surface area contributed by atoms with E-state index in [1.54, 1.807) is 0 Å². The Hall–Kier alpha value is -3.46. The quantitative estimate of drug-likeness (QED) is 0.456. The van der Waals surface area contributed by atoms with E-state index in [0.29, 0.717) is 11.7 Å². The van der Waals surface area contributed by atoms with Gasteiger partial charge in [0.15, 0.2) is 0 Å². The molecule has 1 aromatic heterocycles. The Labute approximate surface area is 201 Å². The Morgan fingerprint density at radius 1 is 1.06 bits per heavy atom. The van der Waals surface area contributed by atoms with Crippen LogP contribution in [-0.4, -0.2) is 29.9 Å². The van der Waals surface area contributed by atoms with Crippen molar-refractivity contribution in [3.05, 3.63) is 48.0 Å². The van der Waals surface area contributed by atoms with Crippen molar-refractivity contribution >= 4 is 28.4 Å². The summed E-state index contributed by atoms with van der Waals surface area (Å²) in [6, 6.07) is 17.2. The second kappa shape index (κ2) is 9.42. The number of ether oxygens (including phenoxy) is 1. The van der Waals surface area contributed by atoms with Gasteiger partial charge in [0.25, 0.3) is 0 Å². The van der Waals surface area contributed by atoms with Gasteiger partial charge in [0.1, 0.15) is 6.07 Å². The molecule has 0 unspecified atom stereocenters. The molecule has 0 atom stereocenters. The number of amides is 1. The molecule has 5 rings (SSSR count). The lowest BCUT2D eigenvalue weighted by atomic mass is 9.92. The highest BCUT2D eigenvalue weighted by Crippen LogP contribution is 2.43. The fourth-order valence-corrected chi connectivity index (χ4v) is 5.14. The lowest BCUT2D eigenvalue weighted by Gasteiger charge is -2.31. The normalized spacial score (nSPS) is 16.4. The van der Waals surface area contributed by atoms with Gasteiger partial charge in [-0.2, -0.15) is 5.26 Å². The summed E-state index contributed by atoms with van der Waals surface area (Å²) in [4.78, 5) is 14.4. The standard InChI is InChI=1S/C28H32N4O2/c1-19(2)34-28(33)30-21-11-9-20(10-12-21)27-25(18-29)24-14-13-23(31-15-4-3-5-16-31)17-26(24)32(27)22-7-6-8-22/h9-14,17,19,22H,3-8,15-16H2,1-2H3,(H,30,33). The van der Waals surface area contributed by atoms with Crippen molar-refractivity contribution in [2.75, 3.05) is 23.3 Å². The summed E-state index contributed by atoms with van der Waals surface area (Å²) in [6.45, 7) is 5.84. The first-order valence-corrected chi connectivity index (χ1v) is 12.5. The van der Waals surface area contributed by atoms with Crippen LogP contribution in [0.2, 0.25) is 0 Å². The number of hydrogen-bond acceptors (Lipinski definition) is 4. The summed E-state index contributed by atoms with van der Waals surface area (Å²) in [5, 5.41) is 14.0. The minimum atomic E-state index is -0.464. The smallest absolute Gasteiger partial charge is 0.411 e.